The van der Waals surface area contributed by atoms with Gasteiger partial charge in [0.2, 0.25) is 0 Å². The van der Waals surface area contributed by atoms with Gasteiger partial charge in [0.25, 0.3) is 0 Å². The van der Waals surface area contributed by atoms with E-state index in [-0.39, 0.29) is 11.5 Å². The number of nitrogens with two attached hydrogens (primary N) is 1. The molecule has 2 N–H and O–H groups in total. The van der Waals surface area contributed by atoms with E-state index >= 15 is 0 Å². The van der Waals surface area contributed by atoms with Crippen molar-refractivity contribution < 1.29 is 4.74 Å². The summed E-state index contributed by atoms with van der Waals surface area (Å²) in [6.07, 6.45) is 2.79. The van der Waals surface area contributed by atoms with Gasteiger partial charge in [0.15, 0.2) is 0 Å². The highest BCUT2D eigenvalue weighted by molar-refractivity contribution is 4.91. The van der Waals surface area contributed by atoms with Crippen LogP contribution in [0.2, 0.25) is 0 Å². The minimum absolute atomic E-state index is 0.204. The molecule has 1 rings (SSSR count). The Morgan fingerprint density at radius 2 is 2.00 bits per heavy atom. The highest BCUT2D eigenvalue weighted by atomic mass is 16.5. The minimum Gasteiger partial charge on any atom is -0.380 e. The Labute approximate surface area is 100 Å². The first-order valence-electron chi connectivity index (χ1n) is 6.38. The SMILES string of the molecule is COC1CCCN(C(C(C)N)C(C)(C)C)C1. The molecule has 1 heterocycles. The maximum absolute atomic E-state index is 6.16. The van der Waals surface area contributed by atoms with Crippen molar-refractivity contribution in [2.45, 2.75) is 58.7 Å². The second-order valence-corrected chi connectivity index (χ2v) is 6.16. The van der Waals surface area contributed by atoms with E-state index in [1.165, 1.54) is 12.8 Å². The standard InChI is InChI=1S/C13H28N2O/c1-10(14)12(13(2,3)4)15-8-6-7-11(9-15)16-5/h10-12H,6-9,14H2,1-5H3. The van der Waals surface area contributed by atoms with Crippen molar-refractivity contribution in [3.05, 3.63) is 0 Å². The summed E-state index contributed by atoms with van der Waals surface area (Å²) in [5, 5.41) is 0. The van der Waals surface area contributed by atoms with Gasteiger partial charge < -0.3 is 10.5 Å². The molecule has 0 saturated carbocycles. The largest absolute Gasteiger partial charge is 0.380 e. The molecule has 0 aliphatic carbocycles. The van der Waals surface area contributed by atoms with Gasteiger partial charge in [0.1, 0.15) is 0 Å². The van der Waals surface area contributed by atoms with Crippen molar-refractivity contribution in [2.75, 3.05) is 20.2 Å². The van der Waals surface area contributed by atoms with Gasteiger partial charge in [-0.1, -0.05) is 20.8 Å². The number of nitrogens with zero attached hydrogens (tertiary/aromatic N) is 1. The molecule has 1 aliphatic rings. The highest BCUT2D eigenvalue weighted by Gasteiger charge is 2.35. The lowest BCUT2D eigenvalue weighted by Gasteiger charge is -2.45. The zero-order valence-electron chi connectivity index (χ0n) is 11.5. The van der Waals surface area contributed by atoms with Crippen LogP contribution in [0.15, 0.2) is 0 Å². The maximum Gasteiger partial charge on any atom is 0.0698 e. The zero-order chi connectivity index (χ0) is 12.3. The topological polar surface area (TPSA) is 38.5 Å². The lowest BCUT2D eigenvalue weighted by molar-refractivity contribution is -0.0145. The van der Waals surface area contributed by atoms with Gasteiger partial charge in [-0.25, -0.2) is 0 Å². The average molecular weight is 228 g/mol. The summed E-state index contributed by atoms with van der Waals surface area (Å²) in [5.74, 6) is 0. The van der Waals surface area contributed by atoms with Crippen molar-refractivity contribution in [1.29, 1.82) is 0 Å². The van der Waals surface area contributed by atoms with Gasteiger partial charge in [-0.05, 0) is 31.7 Å². The van der Waals surface area contributed by atoms with Crippen LogP contribution in [0.25, 0.3) is 0 Å². The maximum atomic E-state index is 6.16. The molecule has 0 bridgehead atoms. The monoisotopic (exact) mass is 228 g/mol. The summed E-state index contributed by atoms with van der Waals surface area (Å²) in [7, 11) is 1.81. The lowest BCUT2D eigenvalue weighted by Crippen LogP contribution is -2.57. The number of hydrogen-bond donors (Lipinski definition) is 1. The van der Waals surface area contributed by atoms with Crippen molar-refractivity contribution in [1.82, 2.24) is 4.90 Å². The minimum atomic E-state index is 0.204. The fourth-order valence-electron chi connectivity index (χ4n) is 3.08. The van der Waals surface area contributed by atoms with E-state index in [1.54, 1.807) is 0 Å². The fraction of sp³-hybridized carbons (Fsp3) is 1.00. The predicted octanol–water partition coefficient (Wildman–Crippen LogP) is 1.86. The van der Waals surface area contributed by atoms with E-state index in [0.717, 1.165) is 13.1 Å². The molecule has 3 atom stereocenters. The molecule has 1 saturated heterocycles. The Kier molecular flexibility index (Phi) is 4.77. The first kappa shape index (κ1) is 13.9. The third-order valence-corrected chi connectivity index (χ3v) is 3.52. The molecule has 0 amide bonds. The molecular weight excluding hydrogens is 200 g/mol. The Morgan fingerprint density at radius 3 is 2.44 bits per heavy atom. The Balaban J connectivity index is 2.71. The number of rotatable bonds is 3. The van der Waals surface area contributed by atoms with E-state index in [1.807, 2.05) is 7.11 Å². The number of methoxy groups -OCH3 is 1. The smallest absolute Gasteiger partial charge is 0.0698 e. The third kappa shape index (κ3) is 3.44. The van der Waals surface area contributed by atoms with E-state index in [4.69, 9.17) is 10.5 Å². The second kappa shape index (κ2) is 5.48. The predicted molar refractivity (Wildman–Crippen MR) is 68.5 cm³/mol. The summed E-state index contributed by atoms with van der Waals surface area (Å²) < 4.78 is 5.48. The quantitative estimate of drug-likeness (QED) is 0.801. The number of piperidine rings is 1. The Bertz CT molecular complexity index is 210. The van der Waals surface area contributed by atoms with Gasteiger partial charge in [0, 0.05) is 25.7 Å². The molecule has 3 nitrogen and oxygen atoms in total. The Morgan fingerprint density at radius 1 is 1.38 bits per heavy atom. The summed E-state index contributed by atoms with van der Waals surface area (Å²) in [6.45, 7) is 11.1. The molecule has 0 radical (unpaired) electrons. The molecule has 0 aromatic rings. The molecule has 3 heteroatoms. The van der Waals surface area contributed by atoms with Gasteiger partial charge in [0.05, 0.1) is 6.10 Å². The molecule has 16 heavy (non-hydrogen) atoms. The van der Waals surface area contributed by atoms with Crippen molar-refractivity contribution in [3.63, 3.8) is 0 Å². The zero-order valence-corrected chi connectivity index (χ0v) is 11.5. The molecule has 0 aromatic heterocycles. The van der Waals surface area contributed by atoms with Gasteiger partial charge in [-0.15, -0.1) is 0 Å². The van der Waals surface area contributed by atoms with Crippen LogP contribution in [0.4, 0.5) is 0 Å². The molecule has 3 unspecified atom stereocenters. The summed E-state index contributed by atoms with van der Waals surface area (Å²) >= 11 is 0. The number of likely N-dealkylation sites (tertiary alicyclic amines) is 1. The summed E-state index contributed by atoms with van der Waals surface area (Å²) in [4.78, 5) is 2.52. The summed E-state index contributed by atoms with van der Waals surface area (Å²) in [6, 6.07) is 0.640. The second-order valence-electron chi connectivity index (χ2n) is 6.16. The normalized spacial score (nSPS) is 27.8. The fourth-order valence-corrected chi connectivity index (χ4v) is 3.08. The van der Waals surface area contributed by atoms with Crippen molar-refractivity contribution >= 4 is 0 Å². The van der Waals surface area contributed by atoms with Crippen LogP contribution >= 0.6 is 0 Å². The lowest BCUT2D eigenvalue weighted by atomic mass is 9.81. The first-order valence-corrected chi connectivity index (χ1v) is 6.38. The van der Waals surface area contributed by atoms with Crippen LogP contribution in [-0.2, 0) is 4.74 Å². The van der Waals surface area contributed by atoms with E-state index in [9.17, 15) is 0 Å². The first-order chi connectivity index (χ1) is 7.36. The number of ether oxygens (including phenoxy) is 1. The van der Waals surface area contributed by atoms with Crippen molar-refractivity contribution in [2.24, 2.45) is 11.1 Å². The Hall–Kier alpha value is -0.120. The highest BCUT2D eigenvalue weighted by Crippen LogP contribution is 2.29. The summed E-state index contributed by atoms with van der Waals surface area (Å²) in [5.41, 5.74) is 6.38. The van der Waals surface area contributed by atoms with E-state index in [2.05, 4.69) is 32.6 Å². The van der Waals surface area contributed by atoms with Crippen LogP contribution in [-0.4, -0.2) is 43.3 Å². The van der Waals surface area contributed by atoms with Crippen LogP contribution < -0.4 is 5.73 Å². The van der Waals surface area contributed by atoms with E-state index < -0.39 is 0 Å². The third-order valence-electron chi connectivity index (χ3n) is 3.52. The average Bonchev–Trinajstić information content (AvgIpc) is 2.15. The molecule has 1 fully saturated rings. The van der Waals surface area contributed by atoms with Crippen LogP contribution in [0, 0.1) is 5.41 Å². The van der Waals surface area contributed by atoms with E-state index in [0.29, 0.717) is 12.1 Å². The molecule has 96 valence electrons. The molecule has 1 aliphatic heterocycles. The van der Waals surface area contributed by atoms with Gasteiger partial charge in [-0.3, -0.25) is 4.90 Å². The van der Waals surface area contributed by atoms with Crippen LogP contribution in [0.5, 0.6) is 0 Å². The number of hydrogen-bond acceptors (Lipinski definition) is 3. The van der Waals surface area contributed by atoms with Gasteiger partial charge >= 0.3 is 0 Å². The van der Waals surface area contributed by atoms with Gasteiger partial charge in [-0.2, -0.15) is 0 Å². The van der Waals surface area contributed by atoms with Crippen LogP contribution in [0.3, 0.4) is 0 Å². The van der Waals surface area contributed by atoms with Crippen LogP contribution in [0.1, 0.15) is 40.5 Å². The molecule has 0 spiro atoms. The molecule has 0 aromatic carbocycles. The van der Waals surface area contributed by atoms with Crippen molar-refractivity contribution in [3.8, 4) is 0 Å². The molecular formula is C13H28N2O.